The number of amides is 1. The van der Waals surface area contributed by atoms with E-state index in [4.69, 9.17) is 4.74 Å². The number of hydrogen-bond donors (Lipinski definition) is 1. The average Bonchev–Trinajstić information content (AvgIpc) is 2.63. The Morgan fingerprint density at radius 3 is 2.38 bits per heavy atom. The van der Waals surface area contributed by atoms with E-state index in [1.165, 1.54) is 29.6 Å². The lowest BCUT2D eigenvalue weighted by Gasteiger charge is -2.20. The number of halogens is 1. The lowest BCUT2D eigenvalue weighted by atomic mass is 10.2. The summed E-state index contributed by atoms with van der Waals surface area (Å²) in [5.41, 5.74) is 0.828. The van der Waals surface area contributed by atoms with Crippen LogP contribution in [0.1, 0.15) is 24.2 Å². The SMILES string of the molecule is CCN(CC)S(=O)(=O)c1cc(C(=O)Nc2ccccc2Br)ccc1OC. The fourth-order valence-electron chi connectivity index (χ4n) is 2.48. The molecule has 0 saturated heterocycles. The largest absolute Gasteiger partial charge is 0.495 e. The number of para-hydroxylation sites is 1. The molecule has 2 aromatic carbocycles. The molecule has 1 N–H and O–H groups in total. The molecule has 0 spiro atoms. The minimum absolute atomic E-state index is 0.0246. The van der Waals surface area contributed by atoms with Crippen LogP contribution in [0.2, 0.25) is 0 Å². The predicted octanol–water partition coefficient (Wildman–Crippen LogP) is 3.74. The van der Waals surface area contributed by atoms with E-state index >= 15 is 0 Å². The van der Waals surface area contributed by atoms with Gasteiger partial charge in [-0.15, -0.1) is 0 Å². The minimum Gasteiger partial charge on any atom is -0.495 e. The first kappa shape index (κ1) is 20.4. The Morgan fingerprint density at radius 1 is 1.15 bits per heavy atom. The van der Waals surface area contributed by atoms with Gasteiger partial charge in [-0.1, -0.05) is 26.0 Å². The smallest absolute Gasteiger partial charge is 0.255 e. The van der Waals surface area contributed by atoms with E-state index < -0.39 is 15.9 Å². The van der Waals surface area contributed by atoms with Crippen LogP contribution in [0.4, 0.5) is 5.69 Å². The highest BCUT2D eigenvalue weighted by Crippen LogP contribution is 2.29. The summed E-state index contributed by atoms with van der Waals surface area (Å²) in [6, 6.07) is 11.6. The summed E-state index contributed by atoms with van der Waals surface area (Å²) in [7, 11) is -2.36. The van der Waals surface area contributed by atoms with E-state index in [9.17, 15) is 13.2 Å². The molecule has 2 aromatic rings. The maximum absolute atomic E-state index is 12.9. The molecule has 0 bridgehead atoms. The number of sulfonamides is 1. The van der Waals surface area contributed by atoms with Crippen LogP contribution in [0.5, 0.6) is 5.75 Å². The molecule has 0 unspecified atom stereocenters. The number of rotatable bonds is 7. The lowest BCUT2D eigenvalue weighted by Crippen LogP contribution is -2.31. The van der Waals surface area contributed by atoms with Crippen molar-refractivity contribution < 1.29 is 17.9 Å². The molecule has 26 heavy (non-hydrogen) atoms. The summed E-state index contributed by atoms with van der Waals surface area (Å²) >= 11 is 3.37. The Morgan fingerprint density at radius 2 is 1.81 bits per heavy atom. The van der Waals surface area contributed by atoms with Crippen LogP contribution < -0.4 is 10.1 Å². The third-order valence-electron chi connectivity index (χ3n) is 3.87. The third-order valence-corrected chi connectivity index (χ3v) is 6.63. The fourth-order valence-corrected chi connectivity index (χ4v) is 4.50. The molecule has 0 radical (unpaired) electrons. The van der Waals surface area contributed by atoms with Gasteiger partial charge in [0.15, 0.2) is 0 Å². The second-order valence-electron chi connectivity index (χ2n) is 5.39. The lowest BCUT2D eigenvalue weighted by molar-refractivity contribution is 0.102. The third kappa shape index (κ3) is 4.25. The fraction of sp³-hybridized carbons (Fsp3) is 0.278. The zero-order chi connectivity index (χ0) is 19.3. The number of nitrogens with zero attached hydrogens (tertiary/aromatic N) is 1. The number of nitrogens with one attached hydrogen (secondary N) is 1. The number of methoxy groups -OCH3 is 1. The molecule has 0 aliphatic carbocycles. The number of carbonyl (C=O) groups excluding carboxylic acids is 1. The van der Waals surface area contributed by atoms with Gasteiger partial charge in [0.25, 0.3) is 5.91 Å². The number of hydrogen-bond acceptors (Lipinski definition) is 4. The van der Waals surface area contributed by atoms with E-state index in [0.29, 0.717) is 18.8 Å². The van der Waals surface area contributed by atoms with E-state index in [2.05, 4.69) is 21.2 Å². The van der Waals surface area contributed by atoms with Crippen molar-refractivity contribution in [3.63, 3.8) is 0 Å². The highest BCUT2D eigenvalue weighted by atomic mass is 79.9. The second kappa shape index (κ2) is 8.66. The number of benzene rings is 2. The van der Waals surface area contributed by atoms with Crippen LogP contribution >= 0.6 is 15.9 Å². The molecule has 0 fully saturated rings. The van der Waals surface area contributed by atoms with Crippen molar-refractivity contribution in [3.8, 4) is 5.75 Å². The van der Waals surface area contributed by atoms with Crippen LogP contribution in [0.3, 0.4) is 0 Å². The molecule has 0 atom stereocenters. The first-order valence-corrected chi connectivity index (χ1v) is 10.3. The highest BCUT2D eigenvalue weighted by Gasteiger charge is 2.26. The molecule has 0 aliphatic heterocycles. The first-order chi connectivity index (χ1) is 12.3. The maximum Gasteiger partial charge on any atom is 0.255 e. The summed E-state index contributed by atoms with van der Waals surface area (Å²) in [6.07, 6.45) is 0. The van der Waals surface area contributed by atoms with Crippen LogP contribution in [0.25, 0.3) is 0 Å². The molecule has 6 nitrogen and oxygen atoms in total. The average molecular weight is 441 g/mol. The number of carbonyl (C=O) groups is 1. The van der Waals surface area contributed by atoms with Crippen LogP contribution in [0.15, 0.2) is 51.8 Å². The molecular formula is C18H21BrN2O4S. The normalized spacial score (nSPS) is 11.4. The summed E-state index contributed by atoms with van der Waals surface area (Å²) in [6.45, 7) is 4.18. The van der Waals surface area contributed by atoms with Gasteiger partial charge in [-0.25, -0.2) is 8.42 Å². The molecule has 8 heteroatoms. The minimum atomic E-state index is -3.76. The van der Waals surface area contributed by atoms with Gasteiger partial charge in [0.2, 0.25) is 10.0 Å². The number of anilines is 1. The van der Waals surface area contributed by atoms with Crippen molar-refractivity contribution in [2.45, 2.75) is 18.7 Å². The Bertz CT molecular complexity index is 896. The second-order valence-corrected chi connectivity index (χ2v) is 8.15. The van der Waals surface area contributed by atoms with E-state index in [-0.39, 0.29) is 16.2 Å². The quantitative estimate of drug-likeness (QED) is 0.711. The summed E-state index contributed by atoms with van der Waals surface area (Å²) in [4.78, 5) is 12.5. The Kier molecular flexibility index (Phi) is 6.80. The molecular weight excluding hydrogens is 420 g/mol. The van der Waals surface area contributed by atoms with E-state index in [1.54, 1.807) is 32.0 Å². The Labute approximate surface area is 162 Å². The van der Waals surface area contributed by atoms with E-state index in [1.807, 2.05) is 6.07 Å². The first-order valence-electron chi connectivity index (χ1n) is 8.09. The Hall–Kier alpha value is -1.90. The summed E-state index contributed by atoms with van der Waals surface area (Å²) < 4.78 is 33.0. The van der Waals surface area contributed by atoms with Gasteiger partial charge < -0.3 is 10.1 Å². The van der Waals surface area contributed by atoms with Crippen LogP contribution in [0, 0.1) is 0 Å². The monoisotopic (exact) mass is 440 g/mol. The molecule has 2 rings (SSSR count). The van der Waals surface area contributed by atoms with Crippen molar-refractivity contribution in [2.24, 2.45) is 0 Å². The van der Waals surface area contributed by atoms with Gasteiger partial charge >= 0.3 is 0 Å². The molecule has 140 valence electrons. The predicted molar refractivity (Wildman–Crippen MR) is 105 cm³/mol. The highest BCUT2D eigenvalue weighted by molar-refractivity contribution is 9.10. The summed E-state index contributed by atoms with van der Waals surface area (Å²) in [5, 5.41) is 2.76. The Balaban J connectivity index is 2.43. The van der Waals surface area contributed by atoms with Crippen molar-refractivity contribution >= 4 is 37.5 Å². The standard InChI is InChI=1S/C18H21BrN2O4S/c1-4-21(5-2)26(23,24)17-12-13(10-11-16(17)25-3)18(22)20-15-9-7-6-8-14(15)19/h6-12H,4-5H2,1-3H3,(H,20,22). The van der Waals surface area contributed by atoms with E-state index in [0.717, 1.165) is 4.47 Å². The zero-order valence-corrected chi connectivity index (χ0v) is 17.2. The van der Waals surface area contributed by atoms with Gasteiger partial charge in [-0.3, -0.25) is 4.79 Å². The van der Waals surface area contributed by atoms with Gasteiger partial charge in [0.1, 0.15) is 10.6 Å². The topological polar surface area (TPSA) is 75.7 Å². The van der Waals surface area contributed by atoms with Crippen molar-refractivity contribution in [1.29, 1.82) is 0 Å². The van der Waals surface area contributed by atoms with Gasteiger partial charge in [0, 0.05) is 23.1 Å². The zero-order valence-electron chi connectivity index (χ0n) is 14.8. The van der Waals surface area contributed by atoms with Gasteiger partial charge in [0.05, 0.1) is 12.8 Å². The van der Waals surface area contributed by atoms with Crippen molar-refractivity contribution in [1.82, 2.24) is 4.31 Å². The summed E-state index contributed by atoms with van der Waals surface area (Å²) in [5.74, 6) is -0.204. The van der Waals surface area contributed by atoms with Crippen LogP contribution in [-0.2, 0) is 10.0 Å². The molecule has 0 aliphatic rings. The molecule has 0 heterocycles. The molecule has 1 amide bonds. The molecule has 0 aromatic heterocycles. The number of ether oxygens (including phenoxy) is 1. The van der Waals surface area contributed by atoms with Crippen LogP contribution in [-0.4, -0.2) is 38.8 Å². The van der Waals surface area contributed by atoms with Crippen molar-refractivity contribution in [3.05, 3.63) is 52.5 Å². The van der Waals surface area contributed by atoms with Gasteiger partial charge in [-0.2, -0.15) is 4.31 Å². The maximum atomic E-state index is 12.9. The van der Waals surface area contributed by atoms with Gasteiger partial charge in [-0.05, 0) is 46.3 Å². The van der Waals surface area contributed by atoms with Crippen molar-refractivity contribution in [2.75, 3.05) is 25.5 Å². The molecule has 0 saturated carbocycles.